The molecule has 114 valence electrons. The molecule has 0 aromatic heterocycles. The van der Waals surface area contributed by atoms with Crippen molar-refractivity contribution in [3.8, 4) is 0 Å². The van der Waals surface area contributed by atoms with Crippen molar-refractivity contribution in [3.63, 3.8) is 0 Å². The molecule has 1 saturated carbocycles. The average molecular weight is 287 g/mol. The van der Waals surface area contributed by atoms with Gasteiger partial charge in [0.2, 0.25) is 5.91 Å². The lowest BCUT2D eigenvalue weighted by molar-refractivity contribution is -0.123. The summed E-state index contributed by atoms with van der Waals surface area (Å²) in [6.07, 6.45) is 7.48. The van der Waals surface area contributed by atoms with Crippen molar-refractivity contribution in [1.29, 1.82) is 0 Å². The molecule has 21 heavy (non-hydrogen) atoms. The Labute approximate surface area is 127 Å². The Morgan fingerprint density at radius 2 is 1.86 bits per heavy atom. The van der Waals surface area contributed by atoms with Gasteiger partial charge in [0.1, 0.15) is 0 Å². The second-order valence-electron chi connectivity index (χ2n) is 6.64. The molecule has 3 rings (SSSR count). The van der Waals surface area contributed by atoms with E-state index in [-0.39, 0.29) is 11.5 Å². The molecule has 3 nitrogen and oxygen atoms in total. The van der Waals surface area contributed by atoms with E-state index in [9.17, 15) is 4.79 Å². The zero-order chi connectivity index (χ0) is 14.7. The predicted octanol–water partition coefficient (Wildman–Crippen LogP) is 2.87. The first-order valence-electron chi connectivity index (χ1n) is 8.09. The van der Waals surface area contributed by atoms with Gasteiger partial charge in [-0.25, -0.2) is 0 Å². The van der Waals surface area contributed by atoms with Gasteiger partial charge in [-0.15, -0.1) is 0 Å². The van der Waals surface area contributed by atoms with Crippen LogP contribution >= 0.6 is 0 Å². The molecule has 0 saturated heterocycles. The van der Waals surface area contributed by atoms with E-state index in [1.165, 1.54) is 36.8 Å². The molecule has 0 aliphatic heterocycles. The molecule has 1 fully saturated rings. The SMILES string of the molecule is COC1(CNC(=O)CC2CCCC2)Cc2ccccc2C1. The summed E-state index contributed by atoms with van der Waals surface area (Å²) in [4.78, 5) is 12.1. The van der Waals surface area contributed by atoms with Crippen molar-refractivity contribution >= 4 is 5.91 Å². The standard InChI is InChI=1S/C18H25NO2/c1-21-18(11-15-8-4-5-9-16(15)12-18)13-19-17(20)10-14-6-2-3-7-14/h4-5,8-9,14H,2-3,6-7,10-13H2,1H3,(H,19,20). The van der Waals surface area contributed by atoms with Gasteiger partial charge in [0.25, 0.3) is 0 Å². The number of hydrogen-bond donors (Lipinski definition) is 1. The Bertz CT molecular complexity index is 481. The molecule has 0 spiro atoms. The predicted molar refractivity (Wildman–Crippen MR) is 83.2 cm³/mol. The number of amides is 1. The van der Waals surface area contributed by atoms with Crippen molar-refractivity contribution in [3.05, 3.63) is 35.4 Å². The summed E-state index contributed by atoms with van der Waals surface area (Å²) in [5.41, 5.74) is 2.45. The maximum atomic E-state index is 12.1. The van der Waals surface area contributed by atoms with Crippen LogP contribution in [0, 0.1) is 5.92 Å². The number of ether oxygens (including phenoxy) is 1. The fraction of sp³-hybridized carbons (Fsp3) is 0.611. The molecule has 1 N–H and O–H groups in total. The summed E-state index contributed by atoms with van der Waals surface area (Å²) < 4.78 is 5.79. The van der Waals surface area contributed by atoms with Crippen molar-refractivity contribution < 1.29 is 9.53 Å². The Balaban J connectivity index is 1.55. The number of nitrogens with one attached hydrogen (secondary N) is 1. The molecule has 0 heterocycles. The summed E-state index contributed by atoms with van der Waals surface area (Å²) in [5.74, 6) is 0.790. The summed E-state index contributed by atoms with van der Waals surface area (Å²) >= 11 is 0. The Kier molecular flexibility index (Phi) is 4.29. The van der Waals surface area contributed by atoms with Crippen molar-refractivity contribution in [2.45, 2.75) is 50.5 Å². The van der Waals surface area contributed by atoms with Crippen LogP contribution in [0.15, 0.2) is 24.3 Å². The summed E-state index contributed by atoms with van der Waals surface area (Å²) in [7, 11) is 1.76. The number of benzene rings is 1. The average Bonchev–Trinajstić information content (AvgIpc) is 3.12. The Morgan fingerprint density at radius 1 is 1.24 bits per heavy atom. The third-order valence-electron chi connectivity index (χ3n) is 5.13. The van der Waals surface area contributed by atoms with Crippen LogP contribution in [0.25, 0.3) is 0 Å². The fourth-order valence-corrected chi connectivity index (χ4v) is 3.81. The normalized spacial score (nSPS) is 20.4. The molecule has 3 heteroatoms. The molecular weight excluding hydrogens is 262 g/mol. The Morgan fingerprint density at radius 3 is 2.43 bits per heavy atom. The number of carbonyl (C=O) groups excluding carboxylic acids is 1. The van der Waals surface area contributed by atoms with Gasteiger partial charge in [0, 0.05) is 32.9 Å². The molecule has 0 bridgehead atoms. The van der Waals surface area contributed by atoms with E-state index < -0.39 is 0 Å². The lowest BCUT2D eigenvalue weighted by atomic mass is 9.99. The first-order chi connectivity index (χ1) is 10.2. The molecule has 1 amide bonds. The third kappa shape index (κ3) is 3.29. The van der Waals surface area contributed by atoms with Crippen LogP contribution in [0.4, 0.5) is 0 Å². The van der Waals surface area contributed by atoms with E-state index in [4.69, 9.17) is 4.74 Å². The second kappa shape index (κ2) is 6.18. The van der Waals surface area contributed by atoms with Crippen LogP contribution in [0.1, 0.15) is 43.2 Å². The maximum Gasteiger partial charge on any atom is 0.220 e. The highest BCUT2D eigenvalue weighted by Gasteiger charge is 2.37. The minimum atomic E-state index is -0.255. The van der Waals surface area contributed by atoms with Crippen LogP contribution in [0.3, 0.4) is 0 Å². The third-order valence-corrected chi connectivity index (χ3v) is 5.13. The zero-order valence-corrected chi connectivity index (χ0v) is 12.9. The zero-order valence-electron chi connectivity index (χ0n) is 12.9. The lowest BCUT2D eigenvalue weighted by Crippen LogP contribution is -2.45. The van der Waals surface area contributed by atoms with E-state index >= 15 is 0 Å². The maximum absolute atomic E-state index is 12.1. The second-order valence-corrected chi connectivity index (χ2v) is 6.64. The molecular formula is C18H25NO2. The largest absolute Gasteiger partial charge is 0.376 e. The van der Waals surface area contributed by atoms with E-state index in [0.717, 1.165) is 12.8 Å². The van der Waals surface area contributed by atoms with Gasteiger partial charge in [-0.2, -0.15) is 0 Å². The molecule has 1 aromatic carbocycles. The van der Waals surface area contributed by atoms with E-state index in [2.05, 4.69) is 29.6 Å². The topological polar surface area (TPSA) is 38.3 Å². The van der Waals surface area contributed by atoms with Crippen molar-refractivity contribution in [2.24, 2.45) is 5.92 Å². The van der Waals surface area contributed by atoms with Gasteiger partial charge in [-0.05, 0) is 29.9 Å². The molecule has 2 aliphatic rings. The molecule has 0 atom stereocenters. The number of carbonyl (C=O) groups is 1. The molecule has 0 unspecified atom stereocenters. The van der Waals surface area contributed by atoms with E-state index in [0.29, 0.717) is 18.9 Å². The number of hydrogen-bond acceptors (Lipinski definition) is 2. The highest BCUT2D eigenvalue weighted by atomic mass is 16.5. The van der Waals surface area contributed by atoms with Gasteiger partial charge >= 0.3 is 0 Å². The van der Waals surface area contributed by atoms with Gasteiger partial charge in [-0.3, -0.25) is 4.79 Å². The lowest BCUT2D eigenvalue weighted by Gasteiger charge is -2.28. The van der Waals surface area contributed by atoms with E-state index in [1.54, 1.807) is 7.11 Å². The smallest absolute Gasteiger partial charge is 0.220 e. The van der Waals surface area contributed by atoms with Crippen LogP contribution in [-0.2, 0) is 22.4 Å². The summed E-state index contributed by atoms with van der Waals surface area (Å²) in [6, 6.07) is 8.47. The van der Waals surface area contributed by atoms with Gasteiger partial charge in [0.05, 0.1) is 5.60 Å². The first-order valence-corrected chi connectivity index (χ1v) is 8.09. The minimum absolute atomic E-state index is 0.189. The van der Waals surface area contributed by atoms with Gasteiger partial charge < -0.3 is 10.1 Å². The molecule has 0 radical (unpaired) electrons. The highest BCUT2D eigenvalue weighted by molar-refractivity contribution is 5.76. The number of methoxy groups -OCH3 is 1. The van der Waals surface area contributed by atoms with Crippen LogP contribution in [0.2, 0.25) is 0 Å². The highest BCUT2D eigenvalue weighted by Crippen LogP contribution is 2.32. The van der Waals surface area contributed by atoms with Crippen molar-refractivity contribution in [2.75, 3.05) is 13.7 Å². The first kappa shape index (κ1) is 14.6. The van der Waals surface area contributed by atoms with Crippen LogP contribution in [-0.4, -0.2) is 25.2 Å². The van der Waals surface area contributed by atoms with Gasteiger partial charge in [0.15, 0.2) is 0 Å². The fourth-order valence-electron chi connectivity index (χ4n) is 3.81. The molecule has 2 aliphatic carbocycles. The van der Waals surface area contributed by atoms with Gasteiger partial charge in [-0.1, -0.05) is 37.1 Å². The quantitative estimate of drug-likeness (QED) is 0.904. The molecule has 1 aromatic rings. The van der Waals surface area contributed by atoms with E-state index in [1.807, 2.05) is 0 Å². The number of fused-ring (bicyclic) bond motifs is 1. The minimum Gasteiger partial charge on any atom is -0.376 e. The van der Waals surface area contributed by atoms with Crippen LogP contribution < -0.4 is 5.32 Å². The Hall–Kier alpha value is -1.35. The number of rotatable bonds is 5. The monoisotopic (exact) mass is 287 g/mol. The summed E-state index contributed by atoms with van der Waals surface area (Å²) in [5, 5.41) is 3.11. The van der Waals surface area contributed by atoms with Crippen LogP contribution in [0.5, 0.6) is 0 Å². The van der Waals surface area contributed by atoms with Crippen molar-refractivity contribution in [1.82, 2.24) is 5.32 Å². The summed E-state index contributed by atoms with van der Waals surface area (Å²) in [6.45, 7) is 0.615.